The Labute approximate surface area is 113 Å². The molecule has 1 aromatic carbocycles. The Bertz CT molecular complexity index is 532. The first-order valence-corrected chi connectivity index (χ1v) is 6.03. The van der Waals surface area contributed by atoms with Crippen molar-refractivity contribution in [3.63, 3.8) is 0 Å². The molecule has 5 nitrogen and oxygen atoms in total. The monoisotopic (exact) mass is 286 g/mol. The van der Waals surface area contributed by atoms with Crippen molar-refractivity contribution in [3.8, 4) is 0 Å². The number of halogens is 2. The SMILES string of the molecule is O=C(Nc1cc(Cl)ccc1F)C(=O)NC1(CO)CC1. The van der Waals surface area contributed by atoms with Gasteiger partial charge in [0.15, 0.2) is 0 Å². The summed E-state index contributed by atoms with van der Waals surface area (Å²) in [6.45, 7) is -0.225. The average Bonchev–Trinajstić information content (AvgIpc) is 3.14. The number of carbonyl (C=O) groups is 2. The molecule has 1 saturated carbocycles. The third-order valence-electron chi connectivity index (χ3n) is 2.92. The lowest BCUT2D eigenvalue weighted by Gasteiger charge is -2.14. The Hall–Kier alpha value is -1.66. The minimum absolute atomic E-state index is 0.165. The number of aliphatic hydroxyl groups excluding tert-OH is 1. The number of anilines is 1. The number of nitrogens with one attached hydrogen (secondary N) is 2. The molecule has 0 spiro atoms. The molecule has 0 atom stereocenters. The maximum Gasteiger partial charge on any atom is 0.313 e. The number of aliphatic hydroxyl groups is 1. The third-order valence-corrected chi connectivity index (χ3v) is 3.15. The van der Waals surface area contributed by atoms with E-state index in [9.17, 15) is 14.0 Å². The third kappa shape index (κ3) is 3.21. The van der Waals surface area contributed by atoms with E-state index in [2.05, 4.69) is 10.6 Å². The summed E-state index contributed by atoms with van der Waals surface area (Å²) in [4.78, 5) is 23.2. The van der Waals surface area contributed by atoms with E-state index in [1.807, 2.05) is 0 Å². The van der Waals surface area contributed by atoms with Crippen molar-refractivity contribution in [2.45, 2.75) is 18.4 Å². The number of carbonyl (C=O) groups excluding carboxylic acids is 2. The highest BCUT2D eigenvalue weighted by molar-refractivity contribution is 6.40. The lowest BCUT2D eigenvalue weighted by Crippen LogP contribution is -2.45. The van der Waals surface area contributed by atoms with Gasteiger partial charge in [0.05, 0.1) is 17.8 Å². The van der Waals surface area contributed by atoms with Gasteiger partial charge in [0, 0.05) is 5.02 Å². The van der Waals surface area contributed by atoms with Gasteiger partial charge in [-0.1, -0.05) is 11.6 Å². The molecular formula is C12H12ClFN2O3. The maximum atomic E-state index is 13.4. The highest BCUT2D eigenvalue weighted by Crippen LogP contribution is 2.34. The van der Waals surface area contributed by atoms with Crippen LogP contribution in [0.25, 0.3) is 0 Å². The average molecular weight is 287 g/mol. The van der Waals surface area contributed by atoms with E-state index in [4.69, 9.17) is 16.7 Å². The minimum Gasteiger partial charge on any atom is -0.394 e. The summed E-state index contributed by atoms with van der Waals surface area (Å²) >= 11 is 5.67. The van der Waals surface area contributed by atoms with Crippen LogP contribution in [0.1, 0.15) is 12.8 Å². The van der Waals surface area contributed by atoms with Gasteiger partial charge in [-0.15, -0.1) is 0 Å². The standard InChI is InChI=1S/C12H12ClFN2O3/c13-7-1-2-8(14)9(5-7)15-10(18)11(19)16-12(6-17)3-4-12/h1-2,5,17H,3-4,6H2,(H,15,18)(H,16,19). The highest BCUT2D eigenvalue weighted by atomic mass is 35.5. The van der Waals surface area contributed by atoms with Gasteiger partial charge in [-0.2, -0.15) is 0 Å². The van der Waals surface area contributed by atoms with Crippen LogP contribution in [0.3, 0.4) is 0 Å². The minimum atomic E-state index is -0.999. The van der Waals surface area contributed by atoms with Crippen molar-refractivity contribution < 1.29 is 19.1 Å². The molecule has 0 saturated heterocycles. The van der Waals surface area contributed by atoms with E-state index in [-0.39, 0.29) is 17.3 Å². The molecule has 0 aromatic heterocycles. The van der Waals surface area contributed by atoms with Crippen LogP contribution in [-0.2, 0) is 9.59 Å². The molecule has 19 heavy (non-hydrogen) atoms. The Morgan fingerprint density at radius 1 is 1.37 bits per heavy atom. The Morgan fingerprint density at radius 2 is 2.05 bits per heavy atom. The van der Waals surface area contributed by atoms with E-state index in [1.165, 1.54) is 12.1 Å². The van der Waals surface area contributed by atoms with Crippen LogP contribution in [-0.4, -0.2) is 29.1 Å². The van der Waals surface area contributed by atoms with Gasteiger partial charge in [-0.25, -0.2) is 4.39 Å². The molecule has 102 valence electrons. The van der Waals surface area contributed by atoms with Crippen molar-refractivity contribution in [1.82, 2.24) is 5.32 Å². The molecule has 2 rings (SSSR count). The van der Waals surface area contributed by atoms with Crippen LogP contribution in [0.5, 0.6) is 0 Å². The summed E-state index contributed by atoms with van der Waals surface area (Å²) in [7, 11) is 0. The maximum absolute atomic E-state index is 13.4. The molecular weight excluding hydrogens is 275 g/mol. The first kappa shape index (κ1) is 13.8. The Kier molecular flexibility index (Phi) is 3.73. The van der Waals surface area contributed by atoms with Crippen LogP contribution in [0.4, 0.5) is 10.1 Å². The zero-order valence-corrected chi connectivity index (χ0v) is 10.6. The lowest BCUT2D eigenvalue weighted by atomic mass is 10.2. The normalized spacial score (nSPS) is 15.7. The van der Waals surface area contributed by atoms with Crippen LogP contribution >= 0.6 is 11.6 Å². The summed E-state index contributed by atoms with van der Waals surface area (Å²) in [5.74, 6) is -2.60. The quantitative estimate of drug-likeness (QED) is 0.727. The second kappa shape index (κ2) is 5.14. The van der Waals surface area contributed by atoms with Crippen LogP contribution in [0, 0.1) is 5.82 Å². The van der Waals surface area contributed by atoms with E-state index in [0.29, 0.717) is 12.8 Å². The zero-order valence-electron chi connectivity index (χ0n) is 9.87. The summed E-state index contributed by atoms with van der Waals surface area (Å²) in [6, 6.07) is 3.63. The van der Waals surface area contributed by atoms with Gasteiger partial charge in [-0.3, -0.25) is 9.59 Å². The number of hydrogen-bond donors (Lipinski definition) is 3. The van der Waals surface area contributed by atoms with Crippen LogP contribution in [0.2, 0.25) is 5.02 Å². The van der Waals surface area contributed by atoms with Gasteiger partial charge in [0.2, 0.25) is 0 Å². The smallest absolute Gasteiger partial charge is 0.313 e. The summed E-state index contributed by atoms with van der Waals surface area (Å²) in [6.07, 6.45) is 1.24. The first-order valence-electron chi connectivity index (χ1n) is 5.65. The van der Waals surface area contributed by atoms with E-state index < -0.39 is 23.2 Å². The fourth-order valence-corrected chi connectivity index (χ4v) is 1.72. The zero-order chi connectivity index (χ0) is 14.0. The lowest BCUT2D eigenvalue weighted by molar-refractivity contribution is -0.137. The first-order chi connectivity index (χ1) is 8.96. The number of benzene rings is 1. The van der Waals surface area contributed by atoms with E-state index in [0.717, 1.165) is 6.07 Å². The van der Waals surface area contributed by atoms with E-state index >= 15 is 0 Å². The molecule has 1 aliphatic carbocycles. The van der Waals surface area contributed by atoms with Gasteiger partial charge in [0.25, 0.3) is 0 Å². The summed E-state index contributed by atoms with van der Waals surface area (Å²) < 4.78 is 13.4. The molecule has 0 radical (unpaired) electrons. The van der Waals surface area contributed by atoms with Gasteiger partial charge < -0.3 is 15.7 Å². The molecule has 2 amide bonds. The molecule has 1 fully saturated rings. The fourth-order valence-electron chi connectivity index (χ4n) is 1.54. The van der Waals surface area contributed by atoms with Crippen LogP contribution in [0.15, 0.2) is 18.2 Å². The van der Waals surface area contributed by atoms with Crippen molar-refractivity contribution in [3.05, 3.63) is 29.0 Å². The summed E-state index contributed by atoms with van der Waals surface area (Å²) in [5.41, 5.74) is -0.858. The predicted molar refractivity (Wildman–Crippen MR) is 67.2 cm³/mol. The van der Waals surface area contributed by atoms with E-state index in [1.54, 1.807) is 0 Å². The number of hydrogen-bond acceptors (Lipinski definition) is 3. The second-order valence-electron chi connectivity index (χ2n) is 4.47. The van der Waals surface area contributed by atoms with Crippen molar-refractivity contribution in [2.75, 3.05) is 11.9 Å². The molecule has 0 unspecified atom stereocenters. The predicted octanol–water partition coefficient (Wildman–Crippen LogP) is 1.06. The van der Waals surface area contributed by atoms with Crippen molar-refractivity contribution in [2.24, 2.45) is 0 Å². The molecule has 1 aromatic rings. The topological polar surface area (TPSA) is 78.4 Å². The Balaban J connectivity index is 2.00. The molecule has 0 bridgehead atoms. The number of amides is 2. The molecule has 7 heteroatoms. The van der Waals surface area contributed by atoms with Crippen LogP contribution < -0.4 is 10.6 Å². The van der Waals surface area contributed by atoms with Gasteiger partial charge in [-0.05, 0) is 31.0 Å². The molecule has 0 aliphatic heterocycles. The molecule has 3 N–H and O–H groups in total. The van der Waals surface area contributed by atoms with Crippen molar-refractivity contribution >= 4 is 29.1 Å². The largest absolute Gasteiger partial charge is 0.394 e. The number of rotatable bonds is 3. The molecule has 0 heterocycles. The fraction of sp³-hybridized carbons (Fsp3) is 0.333. The van der Waals surface area contributed by atoms with Crippen molar-refractivity contribution in [1.29, 1.82) is 0 Å². The summed E-state index contributed by atoms with van der Waals surface area (Å²) in [5, 5.41) is 13.8. The van der Waals surface area contributed by atoms with Gasteiger partial charge in [0.1, 0.15) is 5.82 Å². The second-order valence-corrected chi connectivity index (χ2v) is 4.91. The van der Waals surface area contributed by atoms with Gasteiger partial charge >= 0.3 is 11.8 Å². The Morgan fingerprint density at radius 3 is 2.63 bits per heavy atom. The molecule has 1 aliphatic rings. The highest BCUT2D eigenvalue weighted by Gasteiger charge is 2.44.